The van der Waals surface area contributed by atoms with Gasteiger partial charge in [0, 0.05) is 0 Å². The minimum atomic E-state index is -0.219. The van der Waals surface area contributed by atoms with Crippen LogP contribution in [0.4, 0.5) is 4.39 Å². The molecule has 3 heteroatoms. The number of fused-ring (bicyclic) bond motifs is 1. The van der Waals surface area contributed by atoms with Gasteiger partial charge in [0.25, 0.3) is 0 Å². The lowest BCUT2D eigenvalue weighted by atomic mass is 9.95. The van der Waals surface area contributed by atoms with Crippen LogP contribution in [-0.2, 0) is 12.8 Å². The molecule has 1 N–H and O–H groups in total. The van der Waals surface area contributed by atoms with Crippen molar-refractivity contribution in [3.63, 3.8) is 0 Å². The first-order valence-corrected chi connectivity index (χ1v) is 8.28. The number of rotatable bonds is 4. The summed E-state index contributed by atoms with van der Waals surface area (Å²) in [7, 11) is 0. The Hall–Kier alpha value is -1.19. The lowest BCUT2D eigenvalue weighted by Crippen LogP contribution is -2.22. The molecule has 1 atom stereocenters. The van der Waals surface area contributed by atoms with Crippen molar-refractivity contribution in [2.75, 3.05) is 6.54 Å². The fourth-order valence-corrected chi connectivity index (χ4v) is 3.49. The normalized spacial score (nSPS) is 15.0. The van der Waals surface area contributed by atoms with E-state index in [1.165, 1.54) is 42.0 Å². The predicted molar refractivity (Wildman–Crippen MR) is 88.1 cm³/mol. The van der Waals surface area contributed by atoms with Crippen molar-refractivity contribution in [3.8, 4) is 0 Å². The molecule has 1 aliphatic rings. The van der Waals surface area contributed by atoms with E-state index in [4.69, 9.17) is 0 Å². The average Bonchev–Trinajstić information content (AvgIpc) is 2.95. The van der Waals surface area contributed by atoms with E-state index in [-0.39, 0.29) is 11.9 Å². The molecule has 110 valence electrons. The molecule has 0 aliphatic heterocycles. The maximum absolute atomic E-state index is 13.5. The highest BCUT2D eigenvalue weighted by atomic mass is 79.9. The number of halogens is 2. The Morgan fingerprint density at radius 1 is 1.10 bits per heavy atom. The molecule has 1 aliphatic carbocycles. The standard InChI is InChI=1S/C18H19BrFN/c1-2-21-18(15-8-9-17(20)16(19)11-15)14-7-6-12-4-3-5-13(12)10-14/h6-11,18,21H,2-5H2,1H3. The summed E-state index contributed by atoms with van der Waals surface area (Å²) >= 11 is 3.28. The monoisotopic (exact) mass is 347 g/mol. The van der Waals surface area contributed by atoms with Crippen molar-refractivity contribution in [3.05, 3.63) is 68.9 Å². The minimum Gasteiger partial charge on any atom is -0.307 e. The number of hydrogen-bond donors (Lipinski definition) is 1. The number of hydrogen-bond acceptors (Lipinski definition) is 1. The summed E-state index contributed by atoms with van der Waals surface area (Å²) in [5.74, 6) is -0.219. The van der Waals surface area contributed by atoms with E-state index >= 15 is 0 Å². The maximum Gasteiger partial charge on any atom is 0.137 e. The van der Waals surface area contributed by atoms with Gasteiger partial charge in [-0.3, -0.25) is 0 Å². The second-order valence-electron chi connectivity index (χ2n) is 5.55. The third-order valence-corrected chi connectivity index (χ3v) is 4.75. The van der Waals surface area contributed by atoms with E-state index in [0.717, 1.165) is 12.1 Å². The van der Waals surface area contributed by atoms with E-state index in [1.807, 2.05) is 12.1 Å². The molecule has 2 aromatic carbocycles. The molecule has 0 saturated carbocycles. The van der Waals surface area contributed by atoms with Crippen LogP contribution in [0.5, 0.6) is 0 Å². The fraction of sp³-hybridized carbons (Fsp3) is 0.333. The van der Waals surface area contributed by atoms with Crippen molar-refractivity contribution in [1.29, 1.82) is 0 Å². The van der Waals surface area contributed by atoms with Crippen molar-refractivity contribution >= 4 is 15.9 Å². The van der Waals surface area contributed by atoms with Crippen LogP contribution in [0.1, 0.15) is 41.6 Å². The Bertz CT molecular complexity index is 654. The van der Waals surface area contributed by atoms with Crippen molar-refractivity contribution in [2.45, 2.75) is 32.2 Å². The first-order chi connectivity index (χ1) is 10.2. The van der Waals surface area contributed by atoms with Gasteiger partial charge in [0.1, 0.15) is 5.82 Å². The SMILES string of the molecule is CCNC(c1ccc(F)c(Br)c1)c1ccc2c(c1)CCC2. The topological polar surface area (TPSA) is 12.0 Å². The second kappa shape index (κ2) is 6.29. The third-order valence-electron chi connectivity index (χ3n) is 4.14. The van der Waals surface area contributed by atoms with Crippen LogP contribution in [0.25, 0.3) is 0 Å². The molecule has 0 radical (unpaired) electrons. The van der Waals surface area contributed by atoms with E-state index in [1.54, 1.807) is 0 Å². The summed E-state index contributed by atoms with van der Waals surface area (Å²) < 4.78 is 14.0. The summed E-state index contributed by atoms with van der Waals surface area (Å²) in [5, 5.41) is 3.51. The van der Waals surface area contributed by atoms with Gasteiger partial charge < -0.3 is 5.32 Å². The summed E-state index contributed by atoms with van der Waals surface area (Å²) in [6.07, 6.45) is 3.63. The van der Waals surface area contributed by atoms with Crippen LogP contribution in [0.3, 0.4) is 0 Å². The van der Waals surface area contributed by atoms with Gasteiger partial charge in [0.15, 0.2) is 0 Å². The molecule has 3 rings (SSSR count). The molecule has 1 nitrogen and oxygen atoms in total. The Balaban J connectivity index is 1.99. The summed E-state index contributed by atoms with van der Waals surface area (Å²) in [4.78, 5) is 0. The van der Waals surface area contributed by atoms with Crippen LogP contribution >= 0.6 is 15.9 Å². The maximum atomic E-state index is 13.5. The van der Waals surface area contributed by atoms with Crippen molar-refractivity contribution in [2.24, 2.45) is 0 Å². The lowest BCUT2D eigenvalue weighted by molar-refractivity contribution is 0.608. The Morgan fingerprint density at radius 3 is 2.57 bits per heavy atom. The molecule has 0 saturated heterocycles. The largest absolute Gasteiger partial charge is 0.307 e. The van der Waals surface area contributed by atoms with Gasteiger partial charge >= 0.3 is 0 Å². The molecular formula is C18H19BrFN. The van der Waals surface area contributed by atoms with Gasteiger partial charge in [0.05, 0.1) is 10.5 Å². The van der Waals surface area contributed by atoms with Crippen LogP contribution < -0.4 is 5.32 Å². The zero-order valence-electron chi connectivity index (χ0n) is 12.1. The smallest absolute Gasteiger partial charge is 0.137 e. The zero-order valence-corrected chi connectivity index (χ0v) is 13.7. The minimum absolute atomic E-state index is 0.109. The summed E-state index contributed by atoms with van der Waals surface area (Å²) in [6, 6.07) is 12.1. The average molecular weight is 348 g/mol. The van der Waals surface area contributed by atoms with Gasteiger partial charge in [-0.25, -0.2) is 4.39 Å². The fourth-order valence-electron chi connectivity index (χ4n) is 3.10. The molecule has 0 heterocycles. The van der Waals surface area contributed by atoms with Crippen molar-refractivity contribution < 1.29 is 4.39 Å². The predicted octanol–water partition coefficient (Wildman–Crippen LogP) is 4.78. The number of nitrogens with one attached hydrogen (secondary N) is 1. The Labute approximate surface area is 133 Å². The molecule has 0 bridgehead atoms. The van der Waals surface area contributed by atoms with Crippen LogP contribution in [-0.4, -0.2) is 6.54 Å². The number of benzene rings is 2. The highest BCUT2D eigenvalue weighted by Gasteiger charge is 2.18. The molecule has 1 unspecified atom stereocenters. The zero-order chi connectivity index (χ0) is 14.8. The molecule has 21 heavy (non-hydrogen) atoms. The van der Waals surface area contributed by atoms with Gasteiger partial charge in [-0.15, -0.1) is 0 Å². The summed E-state index contributed by atoms with van der Waals surface area (Å²) in [6.45, 7) is 2.97. The molecule has 0 aromatic heterocycles. The first-order valence-electron chi connectivity index (χ1n) is 7.49. The Kier molecular flexibility index (Phi) is 4.41. The van der Waals surface area contributed by atoms with Gasteiger partial charge in [-0.2, -0.15) is 0 Å². The first kappa shape index (κ1) is 14.7. The lowest BCUT2D eigenvalue weighted by Gasteiger charge is -2.20. The van der Waals surface area contributed by atoms with E-state index < -0.39 is 0 Å². The molecular weight excluding hydrogens is 329 g/mol. The highest BCUT2D eigenvalue weighted by molar-refractivity contribution is 9.10. The van der Waals surface area contributed by atoms with Crippen LogP contribution in [0.2, 0.25) is 0 Å². The Morgan fingerprint density at radius 2 is 1.81 bits per heavy atom. The summed E-state index contributed by atoms with van der Waals surface area (Å²) in [5.41, 5.74) is 5.30. The third kappa shape index (κ3) is 3.04. The van der Waals surface area contributed by atoms with Crippen LogP contribution in [0, 0.1) is 5.82 Å². The molecule has 0 amide bonds. The van der Waals surface area contributed by atoms with E-state index in [0.29, 0.717) is 4.47 Å². The number of aryl methyl sites for hydroxylation is 2. The molecule has 0 spiro atoms. The van der Waals surface area contributed by atoms with Gasteiger partial charge in [0.2, 0.25) is 0 Å². The van der Waals surface area contributed by atoms with Gasteiger partial charge in [-0.1, -0.05) is 31.2 Å². The molecule has 0 fully saturated rings. The van der Waals surface area contributed by atoms with E-state index in [9.17, 15) is 4.39 Å². The highest BCUT2D eigenvalue weighted by Crippen LogP contribution is 2.30. The van der Waals surface area contributed by atoms with Crippen LogP contribution in [0.15, 0.2) is 40.9 Å². The quantitative estimate of drug-likeness (QED) is 0.839. The second-order valence-corrected chi connectivity index (χ2v) is 6.40. The molecule has 2 aromatic rings. The van der Waals surface area contributed by atoms with Crippen molar-refractivity contribution in [1.82, 2.24) is 5.32 Å². The van der Waals surface area contributed by atoms with Gasteiger partial charge in [-0.05, 0) is 76.1 Å². The van der Waals surface area contributed by atoms with E-state index in [2.05, 4.69) is 46.4 Å².